The standard InChI is InChI=1S/C12H12N2O7/c1-20-11(16)6-13-10(15)7-21-12(17)8-3-2-4-9(5-8)14(18)19/h2-5H,6-7H2,1H3,(H,13,15). The molecule has 0 aromatic heterocycles. The van der Waals surface area contributed by atoms with Crippen LogP contribution >= 0.6 is 0 Å². The Hall–Kier alpha value is -2.97. The average molecular weight is 296 g/mol. The van der Waals surface area contributed by atoms with Gasteiger partial charge in [-0.2, -0.15) is 0 Å². The molecular formula is C12H12N2O7. The molecule has 0 bridgehead atoms. The lowest BCUT2D eigenvalue weighted by atomic mass is 10.2. The van der Waals surface area contributed by atoms with Gasteiger partial charge in [-0.15, -0.1) is 0 Å². The van der Waals surface area contributed by atoms with E-state index >= 15 is 0 Å². The van der Waals surface area contributed by atoms with Crippen molar-refractivity contribution in [3.8, 4) is 0 Å². The predicted molar refractivity (Wildman–Crippen MR) is 68.4 cm³/mol. The van der Waals surface area contributed by atoms with Crippen LogP contribution in [0.4, 0.5) is 5.69 Å². The molecule has 0 unspecified atom stereocenters. The fraction of sp³-hybridized carbons (Fsp3) is 0.250. The molecule has 9 nitrogen and oxygen atoms in total. The summed E-state index contributed by atoms with van der Waals surface area (Å²) in [5.41, 5.74) is -0.315. The number of nitro groups is 1. The van der Waals surface area contributed by atoms with Crippen LogP contribution in [-0.4, -0.2) is 43.0 Å². The summed E-state index contributed by atoms with van der Waals surface area (Å²) in [5.74, 6) is -2.22. The molecule has 0 aliphatic rings. The summed E-state index contributed by atoms with van der Waals surface area (Å²) >= 11 is 0. The molecule has 1 amide bonds. The monoisotopic (exact) mass is 296 g/mol. The van der Waals surface area contributed by atoms with Gasteiger partial charge >= 0.3 is 11.9 Å². The minimum Gasteiger partial charge on any atom is -0.468 e. The Morgan fingerprint density at radius 1 is 1.33 bits per heavy atom. The molecule has 9 heteroatoms. The summed E-state index contributed by atoms with van der Waals surface area (Å²) in [6.45, 7) is -0.956. The number of esters is 2. The van der Waals surface area contributed by atoms with Crippen molar-refractivity contribution in [3.63, 3.8) is 0 Å². The molecule has 0 aliphatic heterocycles. The van der Waals surface area contributed by atoms with E-state index in [1.54, 1.807) is 0 Å². The zero-order valence-corrected chi connectivity index (χ0v) is 11.0. The Labute approximate surface area is 119 Å². The summed E-state index contributed by atoms with van der Waals surface area (Å²) in [7, 11) is 1.16. The van der Waals surface area contributed by atoms with Gasteiger partial charge in [-0.25, -0.2) is 4.79 Å². The van der Waals surface area contributed by atoms with E-state index < -0.39 is 29.4 Å². The third kappa shape index (κ3) is 5.27. The minimum atomic E-state index is -0.882. The molecule has 21 heavy (non-hydrogen) atoms. The van der Waals surface area contributed by atoms with E-state index in [0.29, 0.717) is 0 Å². The fourth-order valence-electron chi connectivity index (χ4n) is 1.25. The lowest BCUT2D eigenvalue weighted by molar-refractivity contribution is -0.384. The van der Waals surface area contributed by atoms with Crippen molar-refractivity contribution in [3.05, 3.63) is 39.9 Å². The van der Waals surface area contributed by atoms with Crippen LogP contribution in [0.25, 0.3) is 0 Å². The first-order chi connectivity index (χ1) is 9.93. The van der Waals surface area contributed by atoms with Gasteiger partial charge in [0.15, 0.2) is 6.61 Å². The molecule has 0 heterocycles. The Morgan fingerprint density at radius 3 is 2.67 bits per heavy atom. The third-order valence-corrected chi connectivity index (χ3v) is 2.28. The topological polar surface area (TPSA) is 125 Å². The van der Waals surface area contributed by atoms with E-state index in [-0.39, 0.29) is 17.8 Å². The molecular weight excluding hydrogens is 284 g/mol. The number of nitro benzene ring substituents is 1. The molecule has 1 aromatic rings. The van der Waals surface area contributed by atoms with Crippen molar-refractivity contribution in [2.75, 3.05) is 20.3 Å². The van der Waals surface area contributed by atoms with E-state index in [4.69, 9.17) is 0 Å². The molecule has 1 rings (SSSR count). The molecule has 0 saturated heterocycles. The van der Waals surface area contributed by atoms with Crippen LogP contribution in [0.15, 0.2) is 24.3 Å². The van der Waals surface area contributed by atoms with Crippen molar-refractivity contribution in [2.45, 2.75) is 0 Å². The van der Waals surface area contributed by atoms with Crippen LogP contribution in [0.5, 0.6) is 0 Å². The lowest BCUT2D eigenvalue weighted by Crippen LogP contribution is -2.33. The number of carbonyl (C=O) groups excluding carboxylic acids is 3. The van der Waals surface area contributed by atoms with Gasteiger partial charge in [0.1, 0.15) is 6.54 Å². The van der Waals surface area contributed by atoms with Gasteiger partial charge in [-0.05, 0) is 6.07 Å². The number of nitrogens with zero attached hydrogens (tertiary/aromatic N) is 1. The van der Waals surface area contributed by atoms with Crippen LogP contribution in [-0.2, 0) is 19.1 Å². The first-order valence-electron chi connectivity index (χ1n) is 5.69. The highest BCUT2D eigenvalue weighted by Crippen LogP contribution is 2.13. The first-order valence-corrected chi connectivity index (χ1v) is 5.69. The van der Waals surface area contributed by atoms with Gasteiger partial charge in [0.2, 0.25) is 0 Å². The first kappa shape index (κ1) is 16.1. The number of amides is 1. The van der Waals surface area contributed by atoms with E-state index in [0.717, 1.165) is 13.2 Å². The smallest absolute Gasteiger partial charge is 0.338 e. The van der Waals surface area contributed by atoms with E-state index in [1.165, 1.54) is 18.2 Å². The maximum absolute atomic E-state index is 11.6. The van der Waals surface area contributed by atoms with Gasteiger partial charge in [-0.3, -0.25) is 19.7 Å². The van der Waals surface area contributed by atoms with Gasteiger partial charge < -0.3 is 14.8 Å². The van der Waals surface area contributed by atoms with Crippen LogP contribution in [0.3, 0.4) is 0 Å². The highest BCUT2D eigenvalue weighted by atomic mass is 16.6. The Bertz CT molecular complexity index is 570. The lowest BCUT2D eigenvalue weighted by Gasteiger charge is -2.05. The van der Waals surface area contributed by atoms with Crippen molar-refractivity contribution in [1.82, 2.24) is 5.32 Å². The second kappa shape index (κ2) is 7.58. The Morgan fingerprint density at radius 2 is 2.05 bits per heavy atom. The van der Waals surface area contributed by atoms with Gasteiger partial charge in [0.05, 0.1) is 17.6 Å². The van der Waals surface area contributed by atoms with Crippen LogP contribution in [0, 0.1) is 10.1 Å². The summed E-state index contributed by atoms with van der Waals surface area (Å²) < 4.78 is 8.97. The molecule has 0 radical (unpaired) electrons. The summed E-state index contributed by atoms with van der Waals surface area (Å²) in [6.07, 6.45) is 0. The molecule has 1 N–H and O–H groups in total. The van der Waals surface area contributed by atoms with Crippen molar-refractivity contribution in [2.24, 2.45) is 0 Å². The largest absolute Gasteiger partial charge is 0.468 e. The maximum atomic E-state index is 11.6. The zero-order chi connectivity index (χ0) is 15.8. The van der Waals surface area contributed by atoms with E-state index in [9.17, 15) is 24.5 Å². The average Bonchev–Trinajstić information content (AvgIpc) is 2.50. The third-order valence-electron chi connectivity index (χ3n) is 2.28. The van der Waals surface area contributed by atoms with Crippen molar-refractivity contribution in [1.29, 1.82) is 0 Å². The van der Waals surface area contributed by atoms with E-state index in [1.807, 2.05) is 0 Å². The SMILES string of the molecule is COC(=O)CNC(=O)COC(=O)c1cccc([N+](=O)[O-])c1. The maximum Gasteiger partial charge on any atom is 0.338 e. The summed E-state index contributed by atoms with van der Waals surface area (Å²) in [4.78, 5) is 43.6. The summed E-state index contributed by atoms with van der Waals surface area (Å²) in [6, 6.07) is 4.91. The van der Waals surface area contributed by atoms with Gasteiger partial charge in [0.25, 0.3) is 11.6 Å². The molecule has 1 aromatic carbocycles. The second-order valence-corrected chi connectivity index (χ2v) is 3.74. The van der Waals surface area contributed by atoms with Crippen LogP contribution in [0.1, 0.15) is 10.4 Å². The number of nitrogens with one attached hydrogen (secondary N) is 1. The predicted octanol–water partition coefficient (Wildman–Crippen LogP) is 0.0408. The van der Waals surface area contributed by atoms with E-state index in [2.05, 4.69) is 14.8 Å². The van der Waals surface area contributed by atoms with Gasteiger partial charge in [0, 0.05) is 12.1 Å². The molecule has 0 atom stereocenters. The fourth-order valence-corrected chi connectivity index (χ4v) is 1.25. The Kier molecular flexibility index (Phi) is 5.80. The number of ether oxygens (including phenoxy) is 2. The number of hydrogen-bond donors (Lipinski definition) is 1. The number of benzene rings is 1. The van der Waals surface area contributed by atoms with Crippen molar-refractivity contribution < 1.29 is 28.8 Å². The molecule has 0 fully saturated rings. The highest BCUT2D eigenvalue weighted by molar-refractivity contribution is 5.92. The highest BCUT2D eigenvalue weighted by Gasteiger charge is 2.14. The molecule has 0 saturated carbocycles. The number of non-ortho nitro benzene ring substituents is 1. The van der Waals surface area contributed by atoms with Crippen LogP contribution < -0.4 is 5.32 Å². The Balaban J connectivity index is 2.50. The second-order valence-electron chi connectivity index (χ2n) is 3.74. The molecule has 0 aliphatic carbocycles. The quantitative estimate of drug-likeness (QED) is 0.446. The zero-order valence-electron chi connectivity index (χ0n) is 11.0. The van der Waals surface area contributed by atoms with Crippen molar-refractivity contribution >= 4 is 23.5 Å². The van der Waals surface area contributed by atoms with Crippen LogP contribution in [0.2, 0.25) is 0 Å². The normalized spacial score (nSPS) is 9.57. The number of methoxy groups -OCH3 is 1. The minimum absolute atomic E-state index is 0.0510. The number of carbonyl (C=O) groups is 3. The molecule has 0 spiro atoms. The molecule has 112 valence electrons. The van der Waals surface area contributed by atoms with Gasteiger partial charge in [-0.1, -0.05) is 6.07 Å². The number of hydrogen-bond acceptors (Lipinski definition) is 7. The number of rotatable bonds is 6. The summed E-state index contributed by atoms with van der Waals surface area (Å²) in [5, 5.41) is 12.7.